The minimum absolute atomic E-state index is 0.721. The van der Waals surface area contributed by atoms with Crippen molar-refractivity contribution in [3.8, 4) is 5.69 Å². The summed E-state index contributed by atoms with van der Waals surface area (Å²) in [6, 6.07) is 19.3. The third-order valence-electron chi connectivity index (χ3n) is 6.83. The quantitative estimate of drug-likeness (QED) is 0.342. The van der Waals surface area contributed by atoms with Crippen LogP contribution < -0.4 is 0 Å². The Bertz CT molecular complexity index is 1170. The summed E-state index contributed by atoms with van der Waals surface area (Å²) in [4.78, 5) is 0. The van der Waals surface area contributed by atoms with Gasteiger partial charge in [-0.3, -0.25) is 0 Å². The Morgan fingerprint density at radius 3 is 2.21 bits per heavy atom. The predicted octanol–water partition coefficient (Wildman–Crippen LogP) is 6.84. The molecule has 3 aromatic rings. The van der Waals surface area contributed by atoms with Gasteiger partial charge >= 0.3 is 82.3 Å². The van der Waals surface area contributed by atoms with Gasteiger partial charge in [0.2, 0.25) is 0 Å². The molecule has 1 aromatic heterocycles. The molecule has 2 bridgehead atoms. The molecule has 0 amide bonds. The Morgan fingerprint density at radius 1 is 0.862 bits per heavy atom. The van der Waals surface area contributed by atoms with Crippen LogP contribution in [0.4, 0.5) is 0 Å². The number of allylic oxidation sites excluding steroid dienone is 2. The van der Waals surface area contributed by atoms with E-state index >= 15 is 0 Å². The van der Waals surface area contributed by atoms with Crippen LogP contribution in [0.25, 0.3) is 17.0 Å². The number of benzene rings is 2. The van der Waals surface area contributed by atoms with Gasteiger partial charge in [0.25, 0.3) is 0 Å². The first-order chi connectivity index (χ1) is 13.9. The molecule has 143 valence electrons. The molecule has 0 saturated heterocycles. The Kier molecular flexibility index (Phi) is 4.60. The van der Waals surface area contributed by atoms with E-state index in [-0.39, 0.29) is 0 Å². The molecule has 4 aliphatic rings. The fraction of sp³-hybridized carbons (Fsp3) is 0.231. The van der Waals surface area contributed by atoms with Crippen LogP contribution in [-0.2, 0) is 24.7 Å². The van der Waals surface area contributed by atoms with E-state index in [0.29, 0.717) is 0 Å². The molecule has 1 nitrogen and oxygen atoms in total. The van der Waals surface area contributed by atoms with Gasteiger partial charge in [0.1, 0.15) is 0 Å². The van der Waals surface area contributed by atoms with Gasteiger partial charge < -0.3 is 4.57 Å². The van der Waals surface area contributed by atoms with Gasteiger partial charge in [-0.15, -0.1) is 0 Å². The van der Waals surface area contributed by atoms with Gasteiger partial charge in [-0.2, -0.15) is 0 Å². The molecule has 0 fully saturated rings. The van der Waals surface area contributed by atoms with Crippen LogP contribution in [0.2, 0.25) is 13.1 Å². The van der Waals surface area contributed by atoms with Crippen LogP contribution in [0.1, 0.15) is 45.3 Å². The molecule has 0 saturated carbocycles. The Hall–Kier alpha value is -1.70. The number of fused-ring (bicyclic) bond motifs is 1. The molecular formula is C26H26NSiZr. The van der Waals surface area contributed by atoms with Gasteiger partial charge in [0, 0.05) is 23.6 Å². The molecule has 0 spiro atoms. The van der Waals surface area contributed by atoms with E-state index in [1.807, 2.05) is 0 Å². The SMILES string of the molecule is CC1=C2c3cn(-c4ccccc4)cc3C1[Si]2(C)C.CC1=Cc2ccccc2[CH]1[Zr]. The number of para-hydroxylation sites is 1. The van der Waals surface area contributed by atoms with Crippen LogP contribution in [0.5, 0.6) is 0 Å². The molecule has 3 heterocycles. The monoisotopic (exact) mass is 470 g/mol. The average molecular weight is 472 g/mol. The molecule has 3 heteroatoms. The predicted molar refractivity (Wildman–Crippen MR) is 121 cm³/mol. The van der Waals surface area contributed by atoms with Crippen molar-refractivity contribution < 1.29 is 24.7 Å². The molecule has 2 unspecified atom stereocenters. The zero-order valence-corrected chi connectivity index (χ0v) is 21.0. The average Bonchev–Trinajstić information content (AvgIpc) is 3.38. The molecule has 29 heavy (non-hydrogen) atoms. The first kappa shape index (κ1) is 19.3. The first-order valence-corrected chi connectivity index (χ1v) is 14.9. The van der Waals surface area contributed by atoms with Crippen LogP contribution in [0, 0.1) is 0 Å². The van der Waals surface area contributed by atoms with Gasteiger partial charge in [0.15, 0.2) is 0 Å². The Morgan fingerprint density at radius 2 is 1.55 bits per heavy atom. The van der Waals surface area contributed by atoms with Gasteiger partial charge in [-0.25, -0.2) is 0 Å². The first-order valence-electron chi connectivity index (χ1n) is 10.4. The summed E-state index contributed by atoms with van der Waals surface area (Å²) in [5.41, 5.74) is 11.3. The van der Waals surface area contributed by atoms with E-state index in [1.54, 1.807) is 41.1 Å². The van der Waals surface area contributed by atoms with Crippen molar-refractivity contribution >= 4 is 19.3 Å². The molecule has 2 atom stereocenters. The molecule has 2 aliphatic carbocycles. The van der Waals surface area contributed by atoms with Crippen LogP contribution in [0.3, 0.4) is 0 Å². The second-order valence-electron chi connectivity index (χ2n) is 9.03. The number of hydrogen-bond acceptors (Lipinski definition) is 0. The minimum atomic E-state index is -1.12. The summed E-state index contributed by atoms with van der Waals surface area (Å²) < 4.78 is 3.01. The van der Waals surface area contributed by atoms with Crippen molar-refractivity contribution in [3.05, 3.63) is 100 Å². The zero-order chi connectivity index (χ0) is 20.3. The van der Waals surface area contributed by atoms with E-state index < -0.39 is 8.07 Å². The normalized spacial score (nSPS) is 22.2. The fourth-order valence-electron chi connectivity index (χ4n) is 5.58. The van der Waals surface area contributed by atoms with Crippen molar-refractivity contribution in [1.29, 1.82) is 0 Å². The fourth-order valence-corrected chi connectivity index (χ4v) is 10.8. The summed E-state index contributed by atoms with van der Waals surface area (Å²) in [6.45, 7) is 9.56. The molecule has 0 radical (unpaired) electrons. The zero-order valence-electron chi connectivity index (χ0n) is 17.5. The van der Waals surface area contributed by atoms with Crippen molar-refractivity contribution in [2.45, 2.75) is 36.1 Å². The number of hydrogen-bond donors (Lipinski definition) is 0. The topological polar surface area (TPSA) is 4.93 Å². The molecule has 2 aliphatic heterocycles. The second-order valence-corrected chi connectivity index (χ2v) is 15.0. The molecule has 2 aromatic carbocycles. The van der Waals surface area contributed by atoms with Gasteiger partial charge in [-0.05, 0) is 30.2 Å². The summed E-state index contributed by atoms with van der Waals surface area (Å²) in [6.07, 6.45) is 6.99. The number of nitrogens with zero attached hydrogens (tertiary/aromatic N) is 1. The molecule has 0 N–H and O–H groups in total. The number of rotatable bonds is 1. The van der Waals surface area contributed by atoms with Crippen LogP contribution >= 0.6 is 0 Å². The third kappa shape index (κ3) is 2.89. The third-order valence-corrected chi connectivity index (χ3v) is 12.9. The van der Waals surface area contributed by atoms with Crippen LogP contribution in [0.15, 0.2) is 78.1 Å². The van der Waals surface area contributed by atoms with E-state index in [1.165, 1.54) is 28.0 Å². The second kappa shape index (κ2) is 6.93. The summed E-state index contributed by atoms with van der Waals surface area (Å²) in [5, 5.41) is 1.72. The summed E-state index contributed by atoms with van der Waals surface area (Å²) in [5.74, 6) is 0. The maximum absolute atomic E-state index is 2.51. The van der Waals surface area contributed by atoms with Gasteiger partial charge in [-0.1, -0.05) is 42.1 Å². The maximum atomic E-state index is 2.51. The van der Waals surface area contributed by atoms with E-state index in [0.717, 1.165) is 9.17 Å². The molecule has 7 rings (SSSR count). The van der Waals surface area contributed by atoms with Crippen molar-refractivity contribution in [1.82, 2.24) is 4.57 Å². The Balaban J connectivity index is 0.000000142. The summed E-state index contributed by atoms with van der Waals surface area (Å²) in [7, 11) is -1.12. The Labute approximate surface area is 190 Å². The summed E-state index contributed by atoms with van der Waals surface area (Å²) >= 11 is 1.60. The van der Waals surface area contributed by atoms with Gasteiger partial charge in [0.05, 0.1) is 8.07 Å². The van der Waals surface area contributed by atoms with E-state index in [9.17, 15) is 0 Å². The van der Waals surface area contributed by atoms with E-state index in [2.05, 4.69) is 105 Å². The van der Waals surface area contributed by atoms with E-state index in [4.69, 9.17) is 0 Å². The van der Waals surface area contributed by atoms with Crippen molar-refractivity contribution in [2.75, 3.05) is 0 Å². The standard InChI is InChI=1S/C16H17NSi.C10H9.Zr/c1-11-15-13-9-17(12-7-5-4-6-8-12)10-14(13)16(11)18(15,2)3;1-8-6-9-4-2-3-5-10(9)7-8;/h4-10,15H,1-3H3;2-7H,1H3;. The van der Waals surface area contributed by atoms with Crippen molar-refractivity contribution in [3.63, 3.8) is 0 Å². The number of aromatic nitrogens is 1. The van der Waals surface area contributed by atoms with Crippen LogP contribution in [-0.4, -0.2) is 12.6 Å². The van der Waals surface area contributed by atoms with Crippen molar-refractivity contribution in [2.24, 2.45) is 0 Å². The molecular weight excluding hydrogens is 446 g/mol.